The largest absolute Gasteiger partial charge is 0.507 e. The molecule has 2 aromatic rings. The van der Waals surface area contributed by atoms with Gasteiger partial charge in [0.05, 0.1) is 41.2 Å². The van der Waals surface area contributed by atoms with Gasteiger partial charge in [0.25, 0.3) is 17.6 Å². The number of esters is 1. The Morgan fingerprint density at radius 3 is 2.26 bits per heavy atom. The van der Waals surface area contributed by atoms with Crippen LogP contribution in [0.5, 0.6) is 23.0 Å². The van der Waals surface area contributed by atoms with Crippen LogP contribution < -0.4 is 14.8 Å². The van der Waals surface area contributed by atoms with E-state index in [1.54, 1.807) is 53.8 Å². The lowest BCUT2D eigenvalue weighted by molar-refractivity contribution is -0.160. The van der Waals surface area contributed by atoms with Crippen molar-refractivity contribution in [1.82, 2.24) is 4.90 Å². The topological polar surface area (TPSA) is 211 Å². The van der Waals surface area contributed by atoms with Crippen molar-refractivity contribution in [3.63, 3.8) is 0 Å². The normalized spacial score (nSPS) is 30.4. The number of aromatic hydroxyl groups is 2. The molecule has 0 unspecified atom stereocenters. The van der Waals surface area contributed by atoms with Crippen LogP contribution in [-0.2, 0) is 28.6 Å². The monoisotopic (exact) mass is 796 g/mol. The van der Waals surface area contributed by atoms with Gasteiger partial charge in [0, 0.05) is 80.8 Å². The summed E-state index contributed by atoms with van der Waals surface area (Å²) in [5.41, 5.74) is -0.0201. The van der Waals surface area contributed by atoms with Crippen LogP contribution in [0.2, 0.25) is 0 Å². The highest BCUT2D eigenvalue weighted by atomic mass is 16.7. The minimum absolute atomic E-state index is 0.0602. The minimum atomic E-state index is -2.02. The number of phenolic OH excluding ortho intramolecular Hbond substituents is 2. The number of hydrogen-bond acceptors (Lipinski definition) is 13. The lowest BCUT2D eigenvalue weighted by Gasteiger charge is -2.38. The Morgan fingerprint density at radius 2 is 1.65 bits per heavy atom. The summed E-state index contributed by atoms with van der Waals surface area (Å²) in [6.07, 6.45) is 3.58. The number of likely N-dealkylation sites (N-methyl/N-ethyl adjacent to an activating group) is 1. The summed E-state index contributed by atoms with van der Waals surface area (Å²) < 4.78 is 29.6. The lowest BCUT2D eigenvalue weighted by Crippen LogP contribution is -2.46. The van der Waals surface area contributed by atoms with Gasteiger partial charge in [-0.1, -0.05) is 45.9 Å². The zero-order valence-corrected chi connectivity index (χ0v) is 34.4. The number of allylic oxidation sites excluding steroid dienone is 2. The van der Waals surface area contributed by atoms with E-state index >= 15 is 0 Å². The number of Topliss-reactive ketones (excluding diaryl/α,β-unsaturated/α-hetero) is 1. The summed E-state index contributed by atoms with van der Waals surface area (Å²) in [6.45, 7) is 14.2. The number of phenols is 2. The lowest BCUT2D eigenvalue weighted by atomic mass is 9.78. The maximum atomic E-state index is 14.4. The molecule has 9 atom stereocenters. The number of aliphatic hydroxyl groups is 2. The highest BCUT2D eigenvalue weighted by molar-refractivity contribution is 6.21. The van der Waals surface area contributed by atoms with Crippen molar-refractivity contribution in [2.45, 2.75) is 92.5 Å². The van der Waals surface area contributed by atoms with Crippen LogP contribution >= 0.6 is 0 Å². The fourth-order valence-electron chi connectivity index (χ4n) is 7.17. The third-order valence-electron chi connectivity index (χ3n) is 11.1. The van der Waals surface area contributed by atoms with Crippen LogP contribution in [-0.4, -0.2) is 106 Å². The standard InChI is InChI=1S/C42H56N2O13/c1-12-44(10)30(46)19-54-29-18-27-37(50)32-31(29)33-39(25(7)36(32)49)57-42(9,40(33)51)55-17-16-28(53-11)22(4)38(56-26(8)45)24(6)35(48)23(5)34(47)20(2)14-13-15-21(3)41(52)43-27/h13-18,20,22-24,28,34-35,38,47-50H,12,19H2,1-11H3,(H,43,52)/b14-13+,17-16+,21-15-/t20-,22+,23+,24+,28-,34-,35+,38+,42-/m0/s1. The molecule has 312 valence electrons. The van der Waals surface area contributed by atoms with E-state index < -0.39 is 95.5 Å². The van der Waals surface area contributed by atoms with Crippen LogP contribution in [0.25, 0.3) is 10.8 Å². The average molecular weight is 797 g/mol. The number of benzene rings is 2. The van der Waals surface area contributed by atoms with Crippen LogP contribution in [0.1, 0.15) is 71.3 Å². The molecule has 3 heterocycles. The first-order valence-corrected chi connectivity index (χ1v) is 18.9. The fraction of sp³-hybridized carbons (Fsp3) is 0.524. The fourth-order valence-corrected chi connectivity index (χ4v) is 7.17. The van der Waals surface area contributed by atoms with E-state index in [2.05, 4.69) is 5.32 Å². The van der Waals surface area contributed by atoms with Gasteiger partial charge in [-0.3, -0.25) is 19.2 Å². The smallest absolute Gasteiger partial charge is 0.312 e. The average Bonchev–Trinajstić information content (AvgIpc) is 3.44. The molecule has 57 heavy (non-hydrogen) atoms. The Balaban J connectivity index is 1.94. The van der Waals surface area contributed by atoms with Gasteiger partial charge in [0.15, 0.2) is 12.4 Å². The molecule has 0 saturated heterocycles. The maximum Gasteiger partial charge on any atom is 0.312 e. The third-order valence-corrected chi connectivity index (χ3v) is 11.1. The Hall–Kier alpha value is -5.12. The van der Waals surface area contributed by atoms with Gasteiger partial charge < -0.3 is 54.3 Å². The first-order valence-electron chi connectivity index (χ1n) is 18.9. The molecule has 0 radical (unpaired) electrons. The second-order valence-corrected chi connectivity index (χ2v) is 15.1. The zero-order chi connectivity index (χ0) is 42.7. The Morgan fingerprint density at radius 1 is 0.982 bits per heavy atom. The van der Waals surface area contributed by atoms with Crippen molar-refractivity contribution in [2.75, 3.05) is 32.6 Å². The predicted molar refractivity (Wildman–Crippen MR) is 211 cm³/mol. The molecule has 3 aliphatic heterocycles. The highest BCUT2D eigenvalue weighted by Gasteiger charge is 2.49. The van der Waals surface area contributed by atoms with Crippen molar-refractivity contribution in [3.8, 4) is 23.0 Å². The van der Waals surface area contributed by atoms with Gasteiger partial charge in [-0.05, 0) is 26.8 Å². The van der Waals surface area contributed by atoms with E-state index in [9.17, 15) is 39.6 Å². The van der Waals surface area contributed by atoms with E-state index in [0.29, 0.717) is 6.54 Å². The number of fused-ring (bicyclic) bond motifs is 14. The van der Waals surface area contributed by atoms with E-state index in [1.165, 1.54) is 64.2 Å². The number of amides is 2. The Labute approximate surface area is 332 Å². The first kappa shape index (κ1) is 44.6. The van der Waals surface area contributed by atoms with E-state index in [1.807, 2.05) is 0 Å². The molecule has 0 aromatic heterocycles. The molecule has 2 amide bonds. The Bertz CT molecular complexity index is 1970. The first-order chi connectivity index (χ1) is 26.7. The number of nitrogens with one attached hydrogen (secondary N) is 1. The molecule has 0 saturated carbocycles. The molecule has 0 fully saturated rings. The van der Waals surface area contributed by atoms with Crippen molar-refractivity contribution in [3.05, 3.63) is 53.3 Å². The van der Waals surface area contributed by atoms with Crippen LogP contribution in [0, 0.1) is 30.6 Å². The second-order valence-electron chi connectivity index (χ2n) is 15.1. The molecule has 3 aliphatic rings. The molecule has 2 aromatic carbocycles. The van der Waals surface area contributed by atoms with Gasteiger partial charge in [0.2, 0.25) is 0 Å². The Kier molecular flexibility index (Phi) is 14.1. The maximum absolute atomic E-state index is 14.4. The summed E-state index contributed by atoms with van der Waals surface area (Å²) in [5, 5.41) is 48.2. The van der Waals surface area contributed by atoms with Crippen molar-refractivity contribution in [1.29, 1.82) is 0 Å². The van der Waals surface area contributed by atoms with E-state index in [0.717, 1.165) is 0 Å². The molecule has 5 N–H and O–H groups in total. The van der Waals surface area contributed by atoms with Gasteiger partial charge in [-0.2, -0.15) is 0 Å². The number of anilines is 1. The predicted octanol–water partition coefficient (Wildman–Crippen LogP) is 4.91. The highest BCUT2D eigenvalue weighted by Crippen LogP contribution is 2.54. The number of nitrogens with zero attached hydrogens (tertiary/aromatic N) is 1. The summed E-state index contributed by atoms with van der Waals surface area (Å²) in [5.74, 6) is -8.07. The second kappa shape index (κ2) is 18.0. The molecular weight excluding hydrogens is 740 g/mol. The van der Waals surface area contributed by atoms with E-state index in [-0.39, 0.29) is 44.7 Å². The number of carbonyl (C=O) groups is 4. The number of hydrogen-bond donors (Lipinski definition) is 5. The van der Waals surface area contributed by atoms with Gasteiger partial charge in [-0.15, -0.1) is 0 Å². The van der Waals surface area contributed by atoms with Gasteiger partial charge in [0.1, 0.15) is 23.4 Å². The minimum Gasteiger partial charge on any atom is -0.507 e. The van der Waals surface area contributed by atoms with Crippen LogP contribution in [0.3, 0.4) is 0 Å². The molecule has 0 spiro atoms. The number of aliphatic hydroxyl groups excluding tert-OH is 2. The molecule has 5 rings (SSSR count). The summed E-state index contributed by atoms with van der Waals surface area (Å²) in [6, 6.07) is 1.26. The zero-order valence-electron chi connectivity index (χ0n) is 34.4. The van der Waals surface area contributed by atoms with Crippen LogP contribution in [0.4, 0.5) is 5.69 Å². The van der Waals surface area contributed by atoms with Gasteiger partial charge >= 0.3 is 11.8 Å². The van der Waals surface area contributed by atoms with E-state index in [4.69, 9.17) is 23.7 Å². The number of carbonyl (C=O) groups excluding carboxylic acids is 4. The summed E-state index contributed by atoms with van der Waals surface area (Å²) in [4.78, 5) is 54.5. The quantitative estimate of drug-likeness (QED) is 0.195. The van der Waals surface area contributed by atoms with Gasteiger partial charge in [-0.25, -0.2) is 0 Å². The van der Waals surface area contributed by atoms with Crippen molar-refractivity contribution in [2.24, 2.45) is 23.7 Å². The third kappa shape index (κ3) is 9.05. The molecule has 5 bridgehead atoms. The number of ether oxygens (including phenoxy) is 5. The SMILES string of the molecule is CCN(C)C(=O)COc1cc2c(O)c3c(O)c(C)c4c(c13)C(=O)[C@@](C)(O/C=C/[C@H](OC)[C@@H](C)[C@@H](OC(C)=O)[C@H](C)[C@H](O)[C@H](C)[C@@H](O)[C@@H](C)/C=C/C=C(/C)C(=O)N2)O4. The summed E-state index contributed by atoms with van der Waals surface area (Å²) in [7, 11) is 3.02. The van der Waals surface area contributed by atoms with Crippen molar-refractivity contribution >= 4 is 40.0 Å². The number of ketones is 1. The molecular formula is C42H56N2O13. The number of methoxy groups -OCH3 is 1. The van der Waals surface area contributed by atoms with Crippen LogP contribution in [0.15, 0.2) is 42.2 Å². The molecule has 15 nitrogen and oxygen atoms in total. The van der Waals surface area contributed by atoms with Crippen molar-refractivity contribution < 1.29 is 63.3 Å². The number of rotatable bonds is 6. The molecule has 0 aliphatic carbocycles. The summed E-state index contributed by atoms with van der Waals surface area (Å²) >= 11 is 0. The molecule has 15 heteroatoms.